The highest BCUT2D eigenvalue weighted by Gasteiger charge is 2.25. The summed E-state index contributed by atoms with van der Waals surface area (Å²) in [7, 11) is 0. The Balaban J connectivity index is 1.95. The number of nitrogens with zero attached hydrogens (tertiary/aromatic N) is 2. The number of aromatic nitrogens is 1. The Morgan fingerprint density at radius 1 is 1.10 bits per heavy atom. The largest absolute Gasteiger partial charge is 0.400 e. The molecule has 2 aromatic rings. The molecule has 0 saturated heterocycles. The van der Waals surface area contributed by atoms with Gasteiger partial charge >= 0.3 is 5.97 Å². The lowest BCUT2D eigenvalue weighted by molar-refractivity contribution is -0.129. The molecule has 21 heavy (non-hydrogen) atoms. The number of aliphatic imine (C=N–C) groups is 1. The Hall–Kier alpha value is -2.17. The number of halogens is 2. The molecule has 0 radical (unpaired) electrons. The van der Waals surface area contributed by atoms with E-state index in [2.05, 4.69) is 9.98 Å². The summed E-state index contributed by atoms with van der Waals surface area (Å²) >= 11 is 11.8. The van der Waals surface area contributed by atoms with E-state index < -0.39 is 5.97 Å². The van der Waals surface area contributed by atoms with Crippen molar-refractivity contribution in [2.45, 2.75) is 0 Å². The second-order valence-corrected chi connectivity index (χ2v) is 5.12. The zero-order chi connectivity index (χ0) is 14.8. The molecule has 4 nitrogen and oxygen atoms in total. The fourth-order valence-electron chi connectivity index (χ4n) is 1.79. The van der Waals surface area contributed by atoms with E-state index in [-0.39, 0.29) is 11.6 Å². The van der Waals surface area contributed by atoms with Gasteiger partial charge in [0.15, 0.2) is 5.70 Å². The van der Waals surface area contributed by atoms with E-state index in [0.717, 1.165) is 5.56 Å². The van der Waals surface area contributed by atoms with Gasteiger partial charge in [-0.05, 0) is 35.9 Å². The molecule has 0 fully saturated rings. The Morgan fingerprint density at radius 2 is 1.90 bits per heavy atom. The van der Waals surface area contributed by atoms with Crippen LogP contribution in [0.5, 0.6) is 0 Å². The molecule has 0 aliphatic carbocycles. The monoisotopic (exact) mass is 318 g/mol. The van der Waals surface area contributed by atoms with Crippen molar-refractivity contribution in [1.29, 1.82) is 0 Å². The normalized spacial score (nSPS) is 16.0. The number of rotatable bonds is 2. The van der Waals surface area contributed by atoms with E-state index >= 15 is 0 Å². The summed E-state index contributed by atoms with van der Waals surface area (Å²) in [5.74, 6) is -0.400. The van der Waals surface area contributed by atoms with Gasteiger partial charge in [-0.2, -0.15) is 0 Å². The zero-order valence-corrected chi connectivity index (χ0v) is 12.1. The van der Waals surface area contributed by atoms with Crippen molar-refractivity contribution in [2.75, 3.05) is 0 Å². The standard InChI is InChI=1S/C15H8Cl2N2O2/c16-10-3-1-2-9(6-10)7-13-15(20)21-14(19-13)12-8-11(17)4-5-18-12/h1-8H/b13-7-. The molecular weight excluding hydrogens is 311 g/mol. The van der Waals surface area contributed by atoms with Gasteiger partial charge in [-0.15, -0.1) is 0 Å². The van der Waals surface area contributed by atoms with Gasteiger partial charge in [0.05, 0.1) is 0 Å². The third kappa shape index (κ3) is 3.12. The van der Waals surface area contributed by atoms with Crippen molar-refractivity contribution in [3.05, 3.63) is 69.6 Å². The average Bonchev–Trinajstić information content (AvgIpc) is 2.80. The second-order valence-electron chi connectivity index (χ2n) is 4.25. The quantitative estimate of drug-likeness (QED) is 0.626. The fraction of sp³-hybridized carbons (Fsp3) is 0. The van der Waals surface area contributed by atoms with Gasteiger partial charge in [0.1, 0.15) is 5.69 Å². The Bertz CT molecular complexity index is 785. The minimum atomic E-state index is -0.535. The summed E-state index contributed by atoms with van der Waals surface area (Å²) < 4.78 is 5.11. The Morgan fingerprint density at radius 3 is 2.67 bits per heavy atom. The highest BCUT2D eigenvalue weighted by molar-refractivity contribution is 6.31. The maximum absolute atomic E-state index is 11.8. The first-order chi connectivity index (χ1) is 10.1. The molecule has 0 amide bonds. The summed E-state index contributed by atoms with van der Waals surface area (Å²) in [5, 5.41) is 1.07. The first kappa shape index (κ1) is 13.8. The van der Waals surface area contributed by atoms with Crippen LogP contribution < -0.4 is 0 Å². The highest BCUT2D eigenvalue weighted by Crippen LogP contribution is 2.20. The Labute approximate surface area is 130 Å². The lowest BCUT2D eigenvalue weighted by atomic mass is 10.2. The summed E-state index contributed by atoms with van der Waals surface area (Å²) in [4.78, 5) is 20.1. The molecule has 0 atom stereocenters. The van der Waals surface area contributed by atoms with Crippen molar-refractivity contribution >= 4 is 41.1 Å². The van der Waals surface area contributed by atoms with Crippen molar-refractivity contribution in [2.24, 2.45) is 4.99 Å². The van der Waals surface area contributed by atoms with E-state index in [9.17, 15) is 4.79 Å². The van der Waals surface area contributed by atoms with Crippen molar-refractivity contribution < 1.29 is 9.53 Å². The number of esters is 1. The molecule has 0 spiro atoms. The third-order valence-electron chi connectivity index (χ3n) is 2.71. The maximum atomic E-state index is 11.8. The number of hydrogen-bond donors (Lipinski definition) is 0. The highest BCUT2D eigenvalue weighted by atomic mass is 35.5. The van der Waals surface area contributed by atoms with E-state index in [4.69, 9.17) is 27.9 Å². The van der Waals surface area contributed by atoms with Gasteiger partial charge < -0.3 is 4.74 Å². The summed E-state index contributed by atoms with van der Waals surface area (Å²) in [6.07, 6.45) is 3.12. The van der Waals surface area contributed by atoms with Gasteiger partial charge in [0.2, 0.25) is 5.90 Å². The maximum Gasteiger partial charge on any atom is 0.363 e. The van der Waals surface area contributed by atoms with E-state index in [1.54, 1.807) is 36.4 Å². The molecule has 0 unspecified atom stereocenters. The molecule has 3 rings (SSSR count). The number of carbonyl (C=O) groups is 1. The van der Waals surface area contributed by atoms with Crippen molar-refractivity contribution in [3.8, 4) is 0 Å². The van der Waals surface area contributed by atoms with E-state index in [1.165, 1.54) is 6.20 Å². The summed E-state index contributed by atoms with van der Waals surface area (Å²) in [6.45, 7) is 0. The van der Waals surface area contributed by atoms with Gasteiger partial charge in [0, 0.05) is 16.2 Å². The van der Waals surface area contributed by atoms with Crippen LogP contribution in [0.3, 0.4) is 0 Å². The second kappa shape index (κ2) is 5.68. The van der Waals surface area contributed by atoms with Crippen LogP contribution in [0.1, 0.15) is 11.3 Å². The first-order valence-electron chi connectivity index (χ1n) is 6.02. The molecule has 104 valence electrons. The lowest BCUT2D eigenvalue weighted by Crippen LogP contribution is -2.06. The van der Waals surface area contributed by atoms with Gasteiger partial charge in [-0.1, -0.05) is 35.3 Å². The third-order valence-corrected chi connectivity index (χ3v) is 3.18. The predicted molar refractivity (Wildman–Crippen MR) is 81.3 cm³/mol. The molecule has 1 aliphatic heterocycles. The molecule has 1 aliphatic rings. The van der Waals surface area contributed by atoms with Crippen LogP contribution in [-0.4, -0.2) is 16.9 Å². The van der Waals surface area contributed by atoms with Gasteiger partial charge in [0.25, 0.3) is 0 Å². The molecule has 1 aromatic heterocycles. The van der Waals surface area contributed by atoms with Crippen molar-refractivity contribution in [3.63, 3.8) is 0 Å². The Kier molecular flexibility index (Phi) is 3.73. The van der Waals surface area contributed by atoms with Crippen molar-refractivity contribution in [1.82, 2.24) is 4.98 Å². The molecule has 0 saturated carbocycles. The van der Waals surface area contributed by atoms with Gasteiger partial charge in [-0.3, -0.25) is 4.98 Å². The average molecular weight is 319 g/mol. The predicted octanol–water partition coefficient (Wildman–Crippen LogP) is 3.73. The molecule has 6 heteroatoms. The van der Waals surface area contributed by atoms with Crippen LogP contribution in [0.15, 0.2) is 53.3 Å². The summed E-state index contributed by atoms with van der Waals surface area (Å²) in [6, 6.07) is 10.3. The first-order valence-corrected chi connectivity index (χ1v) is 6.77. The fourth-order valence-corrected chi connectivity index (χ4v) is 2.15. The smallest absolute Gasteiger partial charge is 0.363 e. The van der Waals surface area contributed by atoms with E-state index in [0.29, 0.717) is 15.7 Å². The minimum Gasteiger partial charge on any atom is -0.400 e. The van der Waals surface area contributed by atoms with Crippen LogP contribution in [0.4, 0.5) is 0 Å². The zero-order valence-electron chi connectivity index (χ0n) is 10.6. The number of hydrogen-bond acceptors (Lipinski definition) is 4. The van der Waals surface area contributed by atoms with E-state index in [1.807, 2.05) is 6.07 Å². The number of benzene rings is 1. The van der Waals surface area contributed by atoms with Gasteiger partial charge in [-0.25, -0.2) is 9.79 Å². The SMILES string of the molecule is O=C1OC(c2cc(Cl)ccn2)=N/C1=C\c1cccc(Cl)c1. The molecule has 0 N–H and O–H groups in total. The number of carbonyl (C=O) groups excluding carboxylic acids is 1. The molecule has 1 aromatic carbocycles. The number of ether oxygens (including phenoxy) is 1. The van der Waals surface area contributed by atoms with Crippen LogP contribution in [0.2, 0.25) is 10.0 Å². The topological polar surface area (TPSA) is 51.5 Å². The summed E-state index contributed by atoms with van der Waals surface area (Å²) in [5.41, 5.74) is 1.36. The molecule has 0 bridgehead atoms. The minimum absolute atomic E-state index is 0.135. The molecule has 2 heterocycles. The van der Waals surface area contributed by atoms with Crippen LogP contribution in [0.25, 0.3) is 6.08 Å². The van der Waals surface area contributed by atoms with Crippen LogP contribution in [-0.2, 0) is 9.53 Å². The lowest BCUT2D eigenvalue weighted by Gasteiger charge is -1.97. The number of cyclic esters (lactones) is 1. The van der Waals surface area contributed by atoms with Crippen LogP contribution in [0, 0.1) is 0 Å². The molecular formula is C15H8Cl2N2O2. The number of pyridine rings is 1. The van der Waals surface area contributed by atoms with Crippen LogP contribution >= 0.6 is 23.2 Å².